The van der Waals surface area contributed by atoms with E-state index in [1.54, 1.807) is 24.0 Å². The number of hydrogen-bond donors (Lipinski definition) is 2. The molecule has 1 aliphatic rings. The van der Waals surface area contributed by atoms with E-state index in [2.05, 4.69) is 0 Å². The molecule has 1 heterocycles. The number of likely N-dealkylation sites (tertiary alicyclic amines) is 1. The van der Waals surface area contributed by atoms with E-state index in [9.17, 15) is 14.7 Å². The highest BCUT2D eigenvalue weighted by atomic mass is 16.4. The van der Waals surface area contributed by atoms with Crippen LogP contribution in [0.25, 0.3) is 0 Å². The van der Waals surface area contributed by atoms with Gasteiger partial charge in [0.2, 0.25) is 0 Å². The molecular weight excluding hydrogens is 258 g/mol. The highest BCUT2D eigenvalue weighted by Crippen LogP contribution is 2.22. The molecule has 1 saturated heterocycles. The normalized spacial score (nSPS) is 23.2. The summed E-state index contributed by atoms with van der Waals surface area (Å²) in [5.41, 5.74) is -0.234. The number of aliphatic hydroxyl groups is 1. The lowest BCUT2D eigenvalue weighted by atomic mass is 9.98. The first-order valence-electron chi connectivity index (χ1n) is 6.74. The van der Waals surface area contributed by atoms with E-state index in [-0.39, 0.29) is 11.5 Å². The van der Waals surface area contributed by atoms with Crippen molar-refractivity contribution in [3.05, 3.63) is 35.4 Å². The van der Waals surface area contributed by atoms with Crippen LogP contribution in [0.1, 0.15) is 46.9 Å². The minimum Gasteiger partial charge on any atom is -0.478 e. The fraction of sp³-hybridized carbons (Fsp3) is 0.467. The fourth-order valence-electron chi connectivity index (χ4n) is 2.43. The largest absolute Gasteiger partial charge is 0.478 e. The lowest BCUT2D eigenvalue weighted by molar-refractivity contribution is 0.0437. The van der Waals surface area contributed by atoms with Crippen LogP contribution < -0.4 is 0 Å². The molecule has 2 N–H and O–H groups in total. The zero-order valence-corrected chi connectivity index (χ0v) is 11.5. The smallest absolute Gasteiger partial charge is 0.335 e. The number of carbonyl (C=O) groups excluding carboxylic acids is 1. The summed E-state index contributed by atoms with van der Waals surface area (Å²) in [6.45, 7) is 2.86. The van der Waals surface area contributed by atoms with Crippen LogP contribution in [0.15, 0.2) is 24.3 Å². The van der Waals surface area contributed by atoms with E-state index in [0.717, 1.165) is 6.42 Å². The second-order valence-electron chi connectivity index (χ2n) is 5.53. The summed E-state index contributed by atoms with van der Waals surface area (Å²) in [4.78, 5) is 25.0. The van der Waals surface area contributed by atoms with Crippen LogP contribution in [0.5, 0.6) is 0 Å². The van der Waals surface area contributed by atoms with Crippen LogP contribution in [0.4, 0.5) is 0 Å². The molecular formula is C15H19NO4. The number of benzene rings is 1. The Morgan fingerprint density at radius 3 is 2.60 bits per heavy atom. The van der Waals surface area contributed by atoms with E-state index in [0.29, 0.717) is 31.5 Å². The Morgan fingerprint density at radius 1 is 1.20 bits per heavy atom. The summed E-state index contributed by atoms with van der Waals surface area (Å²) in [6.07, 6.45) is 1.96. The second-order valence-corrected chi connectivity index (χ2v) is 5.53. The SMILES string of the molecule is CC1(O)CCCN(C(=O)c2cccc(C(=O)O)c2)CC1. The van der Waals surface area contributed by atoms with Crippen molar-refractivity contribution in [3.63, 3.8) is 0 Å². The molecule has 0 bridgehead atoms. The molecule has 1 aromatic rings. The number of hydrogen-bond acceptors (Lipinski definition) is 3. The van der Waals surface area contributed by atoms with Crippen molar-refractivity contribution >= 4 is 11.9 Å². The molecule has 0 aliphatic carbocycles. The zero-order valence-electron chi connectivity index (χ0n) is 11.5. The number of nitrogens with zero attached hydrogens (tertiary/aromatic N) is 1. The van der Waals surface area contributed by atoms with Gasteiger partial charge >= 0.3 is 5.97 Å². The second kappa shape index (κ2) is 5.63. The molecule has 1 amide bonds. The average Bonchev–Trinajstić information content (AvgIpc) is 2.59. The van der Waals surface area contributed by atoms with Crippen LogP contribution in [-0.4, -0.2) is 45.7 Å². The van der Waals surface area contributed by atoms with Gasteiger partial charge in [0.05, 0.1) is 11.2 Å². The fourth-order valence-corrected chi connectivity index (χ4v) is 2.43. The standard InChI is InChI=1S/C15H19NO4/c1-15(20)6-3-8-16(9-7-15)13(17)11-4-2-5-12(10-11)14(18)19/h2,4-5,10,20H,3,6-9H2,1H3,(H,18,19). The Bertz CT molecular complexity index is 524. The van der Waals surface area contributed by atoms with E-state index in [4.69, 9.17) is 5.11 Å². The van der Waals surface area contributed by atoms with Crippen molar-refractivity contribution in [2.75, 3.05) is 13.1 Å². The lowest BCUT2D eigenvalue weighted by Crippen LogP contribution is -2.33. The van der Waals surface area contributed by atoms with E-state index in [1.807, 2.05) is 0 Å². The molecule has 1 aromatic carbocycles. The van der Waals surface area contributed by atoms with Crippen molar-refractivity contribution in [2.24, 2.45) is 0 Å². The first kappa shape index (κ1) is 14.5. The van der Waals surface area contributed by atoms with Gasteiger partial charge in [0.1, 0.15) is 0 Å². The van der Waals surface area contributed by atoms with E-state index < -0.39 is 11.6 Å². The third-order valence-electron chi connectivity index (χ3n) is 3.71. The summed E-state index contributed by atoms with van der Waals surface area (Å²) >= 11 is 0. The van der Waals surface area contributed by atoms with Gasteiger partial charge in [-0.1, -0.05) is 6.07 Å². The van der Waals surface area contributed by atoms with Gasteiger partial charge < -0.3 is 15.1 Å². The van der Waals surface area contributed by atoms with E-state index >= 15 is 0 Å². The van der Waals surface area contributed by atoms with Crippen molar-refractivity contribution in [1.82, 2.24) is 4.90 Å². The Hall–Kier alpha value is -1.88. The maximum atomic E-state index is 12.4. The summed E-state index contributed by atoms with van der Waals surface area (Å²) < 4.78 is 0. The van der Waals surface area contributed by atoms with Gasteiger partial charge in [-0.2, -0.15) is 0 Å². The summed E-state index contributed by atoms with van der Waals surface area (Å²) in [7, 11) is 0. The molecule has 0 saturated carbocycles. The Labute approximate surface area is 117 Å². The van der Waals surface area contributed by atoms with Crippen molar-refractivity contribution in [3.8, 4) is 0 Å². The summed E-state index contributed by atoms with van der Waals surface area (Å²) in [6, 6.07) is 6.06. The third-order valence-corrected chi connectivity index (χ3v) is 3.71. The quantitative estimate of drug-likeness (QED) is 0.863. The molecule has 0 aromatic heterocycles. The van der Waals surface area contributed by atoms with Gasteiger partial charge in [-0.05, 0) is 44.4 Å². The molecule has 1 aliphatic heterocycles. The monoisotopic (exact) mass is 277 g/mol. The lowest BCUT2D eigenvalue weighted by Gasteiger charge is -2.22. The molecule has 1 atom stereocenters. The summed E-state index contributed by atoms with van der Waals surface area (Å²) in [5.74, 6) is -1.22. The Balaban J connectivity index is 2.15. The molecule has 5 heteroatoms. The van der Waals surface area contributed by atoms with Crippen LogP contribution in [-0.2, 0) is 0 Å². The molecule has 108 valence electrons. The van der Waals surface area contributed by atoms with Crippen molar-refractivity contribution in [1.29, 1.82) is 0 Å². The van der Waals surface area contributed by atoms with Crippen molar-refractivity contribution < 1.29 is 19.8 Å². The minimum absolute atomic E-state index is 0.109. The molecule has 2 rings (SSSR count). The topological polar surface area (TPSA) is 77.8 Å². The number of amides is 1. The van der Waals surface area contributed by atoms with Crippen LogP contribution in [0.3, 0.4) is 0 Å². The molecule has 1 unspecified atom stereocenters. The van der Waals surface area contributed by atoms with Gasteiger partial charge in [0.25, 0.3) is 5.91 Å². The predicted molar refractivity (Wildman–Crippen MR) is 73.8 cm³/mol. The number of carboxylic acids is 1. The Kier molecular flexibility index (Phi) is 4.09. The highest BCUT2D eigenvalue weighted by molar-refractivity contribution is 5.97. The molecule has 20 heavy (non-hydrogen) atoms. The highest BCUT2D eigenvalue weighted by Gasteiger charge is 2.27. The van der Waals surface area contributed by atoms with Crippen LogP contribution in [0.2, 0.25) is 0 Å². The van der Waals surface area contributed by atoms with Crippen LogP contribution >= 0.6 is 0 Å². The number of aromatic carboxylic acids is 1. The minimum atomic E-state index is -1.04. The number of carboxylic acid groups (broad SMARTS) is 1. The molecule has 0 spiro atoms. The molecule has 5 nitrogen and oxygen atoms in total. The first-order valence-corrected chi connectivity index (χ1v) is 6.74. The Morgan fingerprint density at radius 2 is 1.90 bits per heavy atom. The third kappa shape index (κ3) is 3.36. The number of carbonyl (C=O) groups is 2. The number of rotatable bonds is 2. The van der Waals surface area contributed by atoms with Gasteiger partial charge in [0.15, 0.2) is 0 Å². The molecule has 1 fully saturated rings. The molecule has 0 radical (unpaired) electrons. The predicted octanol–water partition coefficient (Wildman–Crippen LogP) is 1.76. The van der Waals surface area contributed by atoms with Gasteiger partial charge in [-0.15, -0.1) is 0 Å². The first-order chi connectivity index (χ1) is 9.39. The maximum absolute atomic E-state index is 12.4. The van der Waals surface area contributed by atoms with Crippen LogP contribution in [0, 0.1) is 0 Å². The van der Waals surface area contributed by atoms with Gasteiger partial charge in [-0.3, -0.25) is 4.79 Å². The maximum Gasteiger partial charge on any atom is 0.335 e. The summed E-state index contributed by atoms with van der Waals surface area (Å²) in [5, 5.41) is 19.0. The van der Waals surface area contributed by atoms with Gasteiger partial charge in [0, 0.05) is 18.7 Å². The van der Waals surface area contributed by atoms with Crippen molar-refractivity contribution in [2.45, 2.75) is 31.8 Å². The zero-order chi connectivity index (χ0) is 14.8. The van der Waals surface area contributed by atoms with Gasteiger partial charge in [-0.25, -0.2) is 4.79 Å². The average molecular weight is 277 g/mol. The van der Waals surface area contributed by atoms with E-state index in [1.165, 1.54) is 12.1 Å².